The first-order chi connectivity index (χ1) is 10.1. The van der Waals surface area contributed by atoms with E-state index in [0.29, 0.717) is 0 Å². The summed E-state index contributed by atoms with van der Waals surface area (Å²) in [4.78, 5) is 8.81. The van der Waals surface area contributed by atoms with Crippen molar-refractivity contribution >= 4 is 6.29 Å². The Labute approximate surface area is 135 Å². The molecular formula is C20H40O. The van der Waals surface area contributed by atoms with Crippen LogP contribution in [0.5, 0.6) is 0 Å². The molecule has 1 nitrogen and oxygen atoms in total. The molecule has 0 aromatic heterocycles. The van der Waals surface area contributed by atoms with E-state index in [0.717, 1.165) is 6.29 Å². The molecule has 0 bridgehead atoms. The fraction of sp³-hybridized carbons (Fsp3) is 0.650. The molecule has 0 amide bonds. The number of carbonyl (C=O) groups is 1. The number of rotatable bonds is 3. The Hall–Kier alpha value is -1.11. The second-order valence-corrected chi connectivity index (χ2v) is 4.03. The predicted octanol–water partition coefficient (Wildman–Crippen LogP) is 7.15. The quantitative estimate of drug-likeness (QED) is 0.427. The number of aryl methyl sites for hydroxylation is 2. The minimum atomic E-state index is 0.750. The van der Waals surface area contributed by atoms with Gasteiger partial charge in [0.2, 0.25) is 0 Å². The molecule has 0 radical (unpaired) electrons. The zero-order valence-corrected chi connectivity index (χ0v) is 16.1. The molecule has 1 heteroatoms. The van der Waals surface area contributed by atoms with Crippen molar-refractivity contribution in [3.05, 3.63) is 35.4 Å². The molecule has 21 heavy (non-hydrogen) atoms. The number of hydrogen-bond acceptors (Lipinski definition) is 1. The van der Waals surface area contributed by atoms with Gasteiger partial charge < -0.3 is 4.79 Å². The summed E-state index contributed by atoms with van der Waals surface area (Å²) in [7, 11) is 0. The van der Waals surface area contributed by atoms with E-state index in [-0.39, 0.29) is 0 Å². The van der Waals surface area contributed by atoms with Crippen molar-refractivity contribution in [2.75, 3.05) is 0 Å². The van der Waals surface area contributed by atoms with Crippen molar-refractivity contribution in [3.8, 4) is 0 Å². The van der Waals surface area contributed by atoms with Crippen LogP contribution in [0.2, 0.25) is 0 Å². The van der Waals surface area contributed by atoms with Gasteiger partial charge in [0.05, 0.1) is 0 Å². The summed E-state index contributed by atoms with van der Waals surface area (Å²) in [6, 6.07) is 8.36. The SMILES string of the molecule is CC.CC.CC=O.CCCCCC.Cc1ccccc1C. The Balaban J connectivity index is -0.0000000990. The van der Waals surface area contributed by atoms with Gasteiger partial charge in [-0.1, -0.05) is 91.5 Å². The first-order valence-corrected chi connectivity index (χ1v) is 8.55. The highest BCUT2D eigenvalue weighted by Crippen LogP contribution is 2.02. The third kappa shape index (κ3) is 32.4. The molecular weight excluding hydrogens is 256 g/mol. The maximum atomic E-state index is 8.81. The van der Waals surface area contributed by atoms with E-state index >= 15 is 0 Å². The third-order valence-electron chi connectivity index (χ3n) is 2.38. The lowest BCUT2D eigenvalue weighted by atomic mass is 10.1. The van der Waals surface area contributed by atoms with Gasteiger partial charge in [-0.3, -0.25) is 0 Å². The standard InChI is InChI=1S/C8H10.C6H14.C2H4O.2C2H6/c1-7-5-3-4-6-8(7)2;1-3-5-6-4-2;1-2-3;2*1-2/h3-6H,1-2H3;3-6H2,1-2H3;2H,1H3;2*1-2H3. The molecule has 0 N–H and O–H groups in total. The average Bonchev–Trinajstić information content (AvgIpc) is 2.53. The summed E-state index contributed by atoms with van der Waals surface area (Å²) in [5.74, 6) is 0. The molecule has 0 aliphatic rings. The molecule has 1 aromatic carbocycles. The summed E-state index contributed by atoms with van der Waals surface area (Å²) in [6.07, 6.45) is 6.29. The fourth-order valence-electron chi connectivity index (χ4n) is 1.16. The number of benzene rings is 1. The van der Waals surface area contributed by atoms with Gasteiger partial charge in [0.1, 0.15) is 6.29 Å². The van der Waals surface area contributed by atoms with Crippen molar-refractivity contribution in [3.63, 3.8) is 0 Å². The summed E-state index contributed by atoms with van der Waals surface area (Å²) >= 11 is 0. The number of hydrogen-bond donors (Lipinski definition) is 0. The van der Waals surface area contributed by atoms with Gasteiger partial charge in [-0.2, -0.15) is 0 Å². The van der Waals surface area contributed by atoms with Gasteiger partial charge in [-0.15, -0.1) is 0 Å². The highest BCUT2D eigenvalue weighted by Gasteiger charge is 1.83. The van der Waals surface area contributed by atoms with Crippen LogP contribution in [0.3, 0.4) is 0 Å². The fourth-order valence-corrected chi connectivity index (χ4v) is 1.16. The van der Waals surface area contributed by atoms with Crippen molar-refractivity contribution in [2.45, 2.75) is 88.0 Å². The molecule has 0 atom stereocenters. The Kier molecular flexibility index (Phi) is 41.9. The van der Waals surface area contributed by atoms with Gasteiger partial charge in [0, 0.05) is 0 Å². The lowest BCUT2D eigenvalue weighted by molar-refractivity contribution is -0.106. The zero-order valence-electron chi connectivity index (χ0n) is 16.1. The summed E-state index contributed by atoms with van der Waals surface area (Å²) in [5.41, 5.74) is 2.74. The van der Waals surface area contributed by atoms with E-state index in [9.17, 15) is 0 Å². The van der Waals surface area contributed by atoms with Gasteiger partial charge in [-0.05, 0) is 31.9 Å². The van der Waals surface area contributed by atoms with E-state index < -0.39 is 0 Å². The van der Waals surface area contributed by atoms with Gasteiger partial charge >= 0.3 is 0 Å². The smallest absolute Gasteiger partial charge is 0.116 e. The summed E-state index contributed by atoms with van der Waals surface area (Å²) in [6.45, 7) is 18.1. The number of carbonyl (C=O) groups excluding carboxylic acids is 1. The van der Waals surface area contributed by atoms with E-state index in [2.05, 4.69) is 52.0 Å². The second kappa shape index (κ2) is 31.3. The first kappa shape index (κ1) is 28.1. The van der Waals surface area contributed by atoms with Gasteiger partial charge in [0.25, 0.3) is 0 Å². The van der Waals surface area contributed by atoms with Crippen LogP contribution in [0, 0.1) is 13.8 Å². The van der Waals surface area contributed by atoms with Gasteiger partial charge in [0.15, 0.2) is 0 Å². The van der Waals surface area contributed by atoms with E-state index in [1.54, 1.807) is 0 Å². The first-order valence-electron chi connectivity index (χ1n) is 8.55. The lowest BCUT2D eigenvalue weighted by Gasteiger charge is -1.93. The predicted molar refractivity (Wildman–Crippen MR) is 100 cm³/mol. The van der Waals surface area contributed by atoms with Crippen LogP contribution in [0.15, 0.2) is 24.3 Å². The molecule has 0 saturated heterocycles. The Morgan fingerprint density at radius 1 is 0.810 bits per heavy atom. The van der Waals surface area contributed by atoms with Crippen LogP contribution in [0.25, 0.3) is 0 Å². The average molecular weight is 297 g/mol. The third-order valence-corrected chi connectivity index (χ3v) is 2.38. The summed E-state index contributed by atoms with van der Waals surface area (Å²) < 4.78 is 0. The minimum Gasteiger partial charge on any atom is -0.304 e. The number of unbranched alkanes of at least 4 members (excludes halogenated alkanes) is 3. The van der Waals surface area contributed by atoms with Crippen molar-refractivity contribution in [1.82, 2.24) is 0 Å². The highest BCUT2D eigenvalue weighted by molar-refractivity contribution is 5.44. The summed E-state index contributed by atoms with van der Waals surface area (Å²) in [5, 5.41) is 0. The lowest BCUT2D eigenvalue weighted by Crippen LogP contribution is -1.74. The van der Waals surface area contributed by atoms with E-state index in [1.165, 1.54) is 43.7 Å². The van der Waals surface area contributed by atoms with Crippen LogP contribution in [-0.4, -0.2) is 6.29 Å². The van der Waals surface area contributed by atoms with Crippen LogP contribution in [-0.2, 0) is 4.79 Å². The molecule has 0 fully saturated rings. The maximum absolute atomic E-state index is 8.81. The maximum Gasteiger partial charge on any atom is 0.116 e. The molecule has 0 spiro atoms. The molecule has 0 heterocycles. The minimum absolute atomic E-state index is 0.750. The molecule has 0 aliphatic carbocycles. The molecule has 0 saturated carbocycles. The van der Waals surface area contributed by atoms with Crippen molar-refractivity contribution in [1.29, 1.82) is 0 Å². The molecule has 126 valence electrons. The van der Waals surface area contributed by atoms with Crippen LogP contribution in [0.4, 0.5) is 0 Å². The topological polar surface area (TPSA) is 17.1 Å². The van der Waals surface area contributed by atoms with Crippen molar-refractivity contribution < 1.29 is 4.79 Å². The Morgan fingerprint density at radius 3 is 1.19 bits per heavy atom. The largest absolute Gasteiger partial charge is 0.304 e. The molecule has 1 rings (SSSR count). The Bertz CT molecular complexity index is 241. The van der Waals surface area contributed by atoms with E-state index in [4.69, 9.17) is 4.79 Å². The monoisotopic (exact) mass is 296 g/mol. The number of aldehydes is 1. The highest BCUT2D eigenvalue weighted by atomic mass is 16.1. The second-order valence-electron chi connectivity index (χ2n) is 4.03. The molecule has 0 aliphatic heterocycles. The normalized spacial score (nSPS) is 7.29. The van der Waals surface area contributed by atoms with Crippen molar-refractivity contribution in [2.24, 2.45) is 0 Å². The van der Waals surface area contributed by atoms with Crippen LogP contribution < -0.4 is 0 Å². The molecule has 1 aromatic rings. The zero-order chi connectivity index (χ0) is 17.5. The van der Waals surface area contributed by atoms with Crippen LogP contribution in [0.1, 0.15) is 85.3 Å². The van der Waals surface area contributed by atoms with E-state index in [1.807, 2.05) is 27.7 Å². The molecule has 0 unspecified atom stereocenters. The van der Waals surface area contributed by atoms with Gasteiger partial charge in [-0.25, -0.2) is 0 Å². The van der Waals surface area contributed by atoms with Crippen LogP contribution >= 0.6 is 0 Å². The Morgan fingerprint density at radius 2 is 1.05 bits per heavy atom.